The van der Waals surface area contributed by atoms with Crippen molar-refractivity contribution in [3.05, 3.63) is 53.0 Å². The predicted octanol–water partition coefficient (Wildman–Crippen LogP) is 2.94. The lowest BCUT2D eigenvalue weighted by atomic mass is 10.2. The zero-order valence-corrected chi connectivity index (χ0v) is 16.3. The molecule has 3 rings (SSSR count). The molecule has 1 heterocycles. The van der Waals surface area contributed by atoms with Gasteiger partial charge in [0.15, 0.2) is 5.84 Å². The van der Waals surface area contributed by atoms with Crippen molar-refractivity contribution in [1.82, 2.24) is 4.98 Å². The van der Waals surface area contributed by atoms with Crippen LogP contribution in [0.25, 0.3) is 22.4 Å². The minimum absolute atomic E-state index is 0.184. The van der Waals surface area contributed by atoms with E-state index in [0.29, 0.717) is 5.01 Å². The van der Waals surface area contributed by atoms with Gasteiger partial charge in [0.2, 0.25) is 5.71 Å². The smallest absolute Gasteiger partial charge is 0.295 e. The number of hydrazone groups is 1. The van der Waals surface area contributed by atoms with Crippen molar-refractivity contribution in [3.8, 4) is 6.07 Å². The second-order valence-electron chi connectivity index (χ2n) is 5.68. The normalized spacial score (nSPS) is 12.2. The molecule has 2 aromatic carbocycles. The first-order chi connectivity index (χ1) is 13.8. The van der Waals surface area contributed by atoms with E-state index in [9.17, 15) is 13.0 Å². The molecule has 0 bridgehead atoms. The summed E-state index contributed by atoms with van der Waals surface area (Å²) in [6.45, 7) is 0. The monoisotopic (exact) mass is 426 g/mol. The van der Waals surface area contributed by atoms with Crippen molar-refractivity contribution in [2.45, 2.75) is 4.90 Å². The molecule has 29 heavy (non-hydrogen) atoms. The molecule has 0 aliphatic rings. The van der Waals surface area contributed by atoms with Gasteiger partial charge in [-0.2, -0.15) is 18.8 Å². The van der Waals surface area contributed by atoms with Gasteiger partial charge in [0.05, 0.1) is 15.9 Å². The molecule has 0 saturated carbocycles. The van der Waals surface area contributed by atoms with Crippen LogP contribution in [0.4, 0.5) is 5.69 Å². The van der Waals surface area contributed by atoms with E-state index < -0.39 is 16.0 Å². The van der Waals surface area contributed by atoms with Crippen LogP contribution in [-0.2, 0) is 10.1 Å². The summed E-state index contributed by atoms with van der Waals surface area (Å²) in [5, 5.41) is 20.4. The first-order valence-electron chi connectivity index (χ1n) is 8.01. The third-order valence-electron chi connectivity index (χ3n) is 3.67. The maximum atomic E-state index is 11.8. The largest absolute Gasteiger partial charge is 0.382 e. The molecule has 1 aromatic heterocycles. The van der Waals surface area contributed by atoms with E-state index in [1.54, 1.807) is 12.1 Å². The zero-order valence-electron chi connectivity index (χ0n) is 14.7. The molecule has 0 atom stereocenters. The molecule has 9 nitrogen and oxygen atoms in total. The molecular weight excluding hydrogens is 412 g/mol. The molecular formula is C18H14N6O3S2. The average Bonchev–Trinajstić information content (AvgIpc) is 3.09. The number of anilines is 1. The quantitative estimate of drug-likeness (QED) is 0.203. The fraction of sp³-hybridized carbons (Fsp3) is 0. The maximum Gasteiger partial charge on any atom is 0.295 e. The van der Waals surface area contributed by atoms with E-state index in [1.165, 1.54) is 29.5 Å². The van der Waals surface area contributed by atoms with Gasteiger partial charge in [0.1, 0.15) is 16.0 Å². The third kappa shape index (κ3) is 4.82. The molecule has 0 unspecified atom stereocenters. The van der Waals surface area contributed by atoms with Crippen LogP contribution in [0, 0.1) is 16.7 Å². The van der Waals surface area contributed by atoms with Crippen molar-refractivity contribution in [1.29, 1.82) is 10.7 Å². The molecule has 0 fully saturated rings. The number of amidine groups is 1. The van der Waals surface area contributed by atoms with E-state index in [0.717, 1.165) is 16.3 Å². The first kappa shape index (κ1) is 20.2. The standard InChI is InChI=1S/C18H14N6O3S2/c19-10-14(18(20)21)24-23-12-7-5-11(16(9-12)29(25,26)27)6-8-17-22-13-3-1-2-4-15(13)28-17/h1-9,23H,(H3,20,21)(H,25,26,27)/b8-6?,24-14+. The highest BCUT2D eigenvalue weighted by atomic mass is 32.2. The van der Waals surface area contributed by atoms with Gasteiger partial charge in [0.25, 0.3) is 10.1 Å². The molecule has 3 aromatic rings. The Morgan fingerprint density at radius 3 is 2.72 bits per heavy atom. The van der Waals surface area contributed by atoms with Crippen LogP contribution in [0.15, 0.2) is 52.5 Å². The van der Waals surface area contributed by atoms with Crippen LogP contribution < -0.4 is 11.2 Å². The molecule has 0 amide bonds. The minimum Gasteiger partial charge on any atom is -0.382 e. The van der Waals surface area contributed by atoms with Crippen LogP contribution in [0.5, 0.6) is 0 Å². The Balaban J connectivity index is 1.94. The van der Waals surface area contributed by atoms with Gasteiger partial charge >= 0.3 is 0 Å². The number of hydrogen-bond acceptors (Lipinski definition) is 8. The van der Waals surface area contributed by atoms with Gasteiger partial charge in [-0.05, 0) is 35.9 Å². The summed E-state index contributed by atoms with van der Waals surface area (Å²) < 4.78 is 34.2. The average molecular weight is 426 g/mol. The number of nitriles is 1. The minimum atomic E-state index is -4.53. The number of nitrogens with one attached hydrogen (secondary N) is 2. The topological polar surface area (TPSA) is 165 Å². The van der Waals surface area contributed by atoms with Crippen LogP contribution in [-0.4, -0.2) is 29.5 Å². The van der Waals surface area contributed by atoms with Gasteiger partial charge in [0, 0.05) is 0 Å². The molecule has 0 spiro atoms. The van der Waals surface area contributed by atoms with Crippen molar-refractivity contribution >= 4 is 61.1 Å². The molecule has 0 aliphatic heterocycles. The lowest BCUT2D eigenvalue weighted by Crippen LogP contribution is -2.21. The highest BCUT2D eigenvalue weighted by molar-refractivity contribution is 7.86. The van der Waals surface area contributed by atoms with E-state index in [2.05, 4.69) is 15.5 Å². The summed E-state index contributed by atoms with van der Waals surface area (Å²) in [6, 6.07) is 13.4. The predicted molar refractivity (Wildman–Crippen MR) is 113 cm³/mol. The summed E-state index contributed by atoms with van der Waals surface area (Å²) in [5.74, 6) is -0.537. The number of fused-ring (bicyclic) bond motifs is 1. The SMILES string of the molecule is N#C/C(=N\Nc1ccc(C=Cc2nc3ccccc3s2)c(S(=O)(=O)O)c1)C(=N)N. The number of rotatable bonds is 6. The van der Waals surface area contributed by atoms with Gasteiger partial charge in [-0.15, -0.1) is 11.3 Å². The lowest BCUT2D eigenvalue weighted by Gasteiger charge is -2.07. The number of nitrogens with two attached hydrogens (primary N) is 1. The maximum absolute atomic E-state index is 11.8. The molecule has 0 aliphatic carbocycles. The summed E-state index contributed by atoms with van der Waals surface area (Å²) in [7, 11) is -4.53. The number of para-hydroxylation sites is 1. The van der Waals surface area contributed by atoms with Gasteiger partial charge in [-0.25, -0.2) is 4.98 Å². The number of thiazole rings is 1. The first-order valence-corrected chi connectivity index (χ1v) is 10.3. The third-order valence-corrected chi connectivity index (χ3v) is 5.58. The Morgan fingerprint density at radius 1 is 1.31 bits per heavy atom. The fourth-order valence-corrected chi connectivity index (χ4v) is 3.93. The number of nitrogens with zero attached hydrogens (tertiary/aromatic N) is 3. The number of benzene rings is 2. The molecule has 5 N–H and O–H groups in total. The van der Waals surface area contributed by atoms with Crippen molar-refractivity contribution in [2.75, 3.05) is 5.43 Å². The van der Waals surface area contributed by atoms with Crippen LogP contribution in [0.2, 0.25) is 0 Å². The zero-order chi connectivity index (χ0) is 21.0. The van der Waals surface area contributed by atoms with E-state index in [-0.39, 0.29) is 21.9 Å². The number of hydrogen-bond donors (Lipinski definition) is 4. The molecule has 146 valence electrons. The Kier molecular flexibility index (Phi) is 5.69. The van der Waals surface area contributed by atoms with Gasteiger partial charge in [-0.3, -0.25) is 15.4 Å². The van der Waals surface area contributed by atoms with Crippen molar-refractivity contribution in [3.63, 3.8) is 0 Å². The van der Waals surface area contributed by atoms with E-state index >= 15 is 0 Å². The Bertz CT molecular complexity index is 1270. The lowest BCUT2D eigenvalue weighted by molar-refractivity contribution is 0.483. The fourth-order valence-electron chi connectivity index (χ4n) is 2.35. The van der Waals surface area contributed by atoms with Crippen molar-refractivity contribution in [2.24, 2.45) is 10.8 Å². The van der Waals surface area contributed by atoms with Crippen molar-refractivity contribution < 1.29 is 13.0 Å². The van der Waals surface area contributed by atoms with E-state index in [1.807, 2.05) is 24.3 Å². The highest BCUT2D eigenvalue weighted by Crippen LogP contribution is 2.26. The summed E-state index contributed by atoms with van der Waals surface area (Å²) in [6.07, 6.45) is 3.19. The molecule has 11 heteroatoms. The second-order valence-corrected chi connectivity index (χ2v) is 8.13. The highest BCUT2D eigenvalue weighted by Gasteiger charge is 2.15. The molecule has 0 saturated heterocycles. The van der Waals surface area contributed by atoms with E-state index in [4.69, 9.17) is 16.4 Å². The Morgan fingerprint density at radius 2 is 2.07 bits per heavy atom. The Hall–Kier alpha value is -3.59. The van der Waals surface area contributed by atoms with Crippen LogP contribution in [0.3, 0.4) is 0 Å². The number of aromatic nitrogens is 1. The van der Waals surface area contributed by atoms with Crippen LogP contribution >= 0.6 is 11.3 Å². The summed E-state index contributed by atoms with van der Waals surface area (Å²) >= 11 is 1.45. The Labute approximate surface area is 170 Å². The summed E-state index contributed by atoms with van der Waals surface area (Å²) in [5.41, 5.74) is 8.54. The van der Waals surface area contributed by atoms with Gasteiger partial charge < -0.3 is 5.73 Å². The second kappa shape index (κ2) is 8.19. The molecule has 0 radical (unpaired) electrons. The van der Waals surface area contributed by atoms with Crippen LogP contribution in [0.1, 0.15) is 10.6 Å². The summed E-state index contributed by atoms with van der Waals surface area (Å²) in [4.78, 5) is 4.09. The van der Waals surface area contributed by atoms with Gasteiger partial charge in [-0.1, -0.05) is 24.3 Å².